The number of carbonyl (C=O) groups is 1. The van der Waals surface area contributed by atoms with Crippen LogP contribution >= 0.6 is 15.9 Å². The lowest BCUT2D eigenvalue weighted by atomic mass is 10.2. The van der Waals surface area contributed by atoms with Crippen molar-refractivity contribution in [2.24, 2.45) is 0 Å². The lowest BCUT2D eigenvalue weighted by Gasteiger charge is -2.13. The lowest BCUT2D eigenvalue weighted by Crippen LogP contribution is -2.23. The van der Waals surface area contributed by atoms with Gasteiger partial charge in [-0.1, -0.05) is 0 Å². The third-order valence-corrected chi connectivity index (χ3v) is 3.00. The van der Waals surface area contributed by atoms with Crippen LogP contribution in [0.5, 0.6) is 0 Å². The highest BCUT2D eigenvalue weighted by Gasteiger charge is 2.25. The number of nitro groups is 1. The van der Waals surface area contributed by atoms with E-state index < -0.39 is 4.92 Å². The van der Waals surface area contributed by atoms with Crippen molar-refractivity contribution in [1.29, 1.82) is 0 Å². The number of halogens is 1. The van der Waals surface area contributed by atoms with Crippen LogP contribution in [0.25, 0.3) is 0 Å². The number of amides is 1. The molecule has 1 aromatic heterocycles. The number of hydrogen-bond donors (Lipinski definition) is 2. The van der Waals surface area contributed by atoms with Gasteiger partial charge in [-0.2, -0.15) is 0 Å². The number of aromatic nitrogens is 1. The van der Waals surface area contributed by atoms with Crippen molar-refractivity contribution in [3.05, 3.63) is 27.0 Å². The Morgan fingerprint density at radius 2 is 2.35 bits per heavy atom. The molecule has 8 heteroatoms. The fourth-order valence-electron chi connectivity index (χ4n) is 1.62. The second kappa shape index (κ2) is 4.66. The summed E-state index contributed by atoms with van der Waals surface area (Å²) in [5, 5.41) is 16.5. The summed E-state index contributed by atoms with van der Waals surface area (Å²) >= 11 is 3.20. The van der Waals surface area contributed by atoms with E-state index in [2.05, 4.69) is 31.5 Å². The second-order valence-electron chi connectivity index (χ2n) is 3.62. The number of rotatable bonds is 3. The maximum Gasteiger partial charge on any atom is 0.311 e. The Labute approximate surface area is 105 Å². The lowest BCUT2D eigenvalue weighted by molar-refractivity contribution is -0.384. The minimum absolute atomic E-state index is 0.0599. The zero-order valence-electron chi connectivity index (χ0n) is 8.64. The quantitative estimate of drug-likeness (QED) is 0.642. The van der Waals surface area contributed by atoms with Crippen molar-refractivity contribution in [3.63, 3.8) is 0 Å². The van der Waals surface area contributed by atoms with Crippen LogP contribution in [0.15, 0.2) is 16.9 Å². The van der Waals surface area contributed by atoms with Crippen molar-refractivity contribution in [2.45, 2.75) is 12.5 Å². The number of nitrogens with one attached hydrogen (secondary N) is 2. The molecule has 2 N–H and O–H groups in total. The normalized spacial score (nSPS) is 18.9. The summed E-state index contributed by atoms with van der Waals surface area (Å²) in [5.41, 5.74) is 0.241. The Bertz CT molecular complexity index is 479. The van der Waals surface area contributed by atoms with E-state index in [4.69, 9.17) is 0 Å². The first-order valence-corrected chi connectivity index (χ1v) is 5.68. The van der Waals surface area contributed by atoms with Crippen LogP contribution in [0.4, 0.5) is 11.4 Å². The molecule has 0 radical (unpaired) electrons. The molecule has 1 saturated heterocycles. The van der Waals surface area contributed by atoms with Gasteiger partial charge in [0.25, 0.3) is 0 Å². The molecule has 7 nitrogen and oxygen atoms in total. The molecular weight excluding hydrogens is 292 g/mol. The first-order valence-electron chi connectivity index (χ1n) is 4.89. The van der Waals surface area contributed by atoms with E-state index in [0.29, 0.717) is 23.1 Å². The molecule has 1 aliphatic heterocycles. The van der Waals surface area contributed by atoms with Gasteiger partial charge in [-0.15, -0.1) is 0 Å². The molecule has 0 aromatic carbocycles. The summed E-state index contributed by atoms with van der Waals surface area (Å²) in [6.07, 6.45) is 2.96. The molecule has 0 aliphatic carbocycles. The zero-order chi connectivity index (χ0) is 12.4. The van der Waals surface area contributed by atoms with E-state index in [1.54, 1.807) is 0 Å². The Kier molecular flexibility index (Phi) is 3.23. The molecule has 1 amide bonds. The van der Waals surface area contributed by atoms with Crippen molar-refractivity contribution < 1.29 is 9.72 Å². The first-order chi connectivity index (χ1) is 8.08. The fourth-order valence-corrected chi connectivity index (χ4v) is 2.05. The average Bonchev–Trinajstić information content (AvgIpc) is 2.67. The summed E-state index contributed by atoms with van der Waals surface area (Å²) in [4.78, 5) is 25.1. The number of pyridine rings is 1. The number of carbonyl (C=O) groups excluding carboxylic acids is 1. The molecule has 0 spiro atoms. The van der Waals surface area contributed by atoms with Crippen LogP contribution in [-0.2, 0) is 4.79 Å². The predicted octanol–water partition coefficient (Wildman–Crippen LogP) is 1.05. The van der Waals surface area contributed by atoms with Crippen LogP contribution in [0.3, 0.4) is 0 Å². The van der Waals surface area contributed by atoms with Gasteiger partial charge in [-0.3, -0.25) is 19.9 Å². The molecule has 90 valence electrons. The zero-order valence-corrected chi connectivity index (χ0v) is 10.2. The van der Waals surface area contributed by atoms with E-state index in [1.807, 2.05) is 0 Å². The molecule has 0 bridgehead atoms. The summed E-state index contributed by atoms with van der Waals surface area (Å²) in [6.45, 7) is 0.463. The van der Waals surface area contributed by atoms with Crippen molar-refractivity contribution in [3.8, 4) is 0 Å². The maximum absolute atomic E-state index is 11.0. The van der Waals surface area contributed by atoms with Gasteiger partial charge in [0.1, 0.15) is 11.9 Å². The fraction of sp³-hybridized carbons (Fsp3) is 0.333. The molecule has 1 aliphatic rings. The Morgan fingerprint density at radius 1 is 1.59 bits per heavy atom. The third-order valence-electron chi connectivity index (χ3n) is 2.40. The molecule has 1 atom stereocenters. The number of nitrogens with zero attached hydrogens (tertiary/aromatic N) is 2. The smallest absolute Gasteiger partial charge is 0.311 e. The molecule has 2 heterocycles. The minimum Gasteiger partial charge on any atom is -0.373 e. The van der Waals surface area contributed by atoms with Crippen molar-refractivity contribution in [1.82, 2.24) is 10.3 Å². The Balaban J connectivity index is 2.25. The first kappa shape index (κ1) is 11.8. The molecule has 2 rings (SSSR count). The van der Waals surface area contributed by atoms with Crippen molar-refractivity contribution >= 4 is 33.2 Å². The topological polar surface area (TPSA) is 97.2 Å². The molecular formula is C9H9BrN4O3. The molecule has 1 aromatic rings. The minimum atomic E-state index is -0.510. The van der Waals surface area contributed by atoms with Gasteiger partial charge >= 0.3 is 5.69 Å². The van der Waals surface area contributed by atoms with E-state index in [-0.39, 0.29) is 17.6 Å². The van der Waals surface area contributed by atoms with Crippen LogP contribution in [0.2, 0.25) is 0 Å². The van der Waals surface area contributed by atoms with Crippen LogP contribution < -0.4 is 10.6 Å². The summed E-state index contributed by atoms with van der Waals surface area (Å²) < 4.78 is 0.506. The van der Waals surface area contributed by atoms with E-state index in [9.17, 15) is 14.9 Å². The third kappa shape index (κ3) is 2.52. The second-order valence-corrected chi connectivity index (χ2v) is 4.48. The largest absolute Gasteiger partial charge is 0.373 e. The highest BCUT2D eigenvalue weighted by atomic mass is 79.9. The summed E-state index contributed by atoms with van der Waals surface area (Å²) in [5.74, 6) is -0.0599. The van der Waals surface area contributed by atoms with Gasteiger partial charge in [-0.05, 0) is 15.9 Å². The number of anilines is 1. The van der Waals surface area contributed by atoms with Gasteiger partial charge in [0.15, 0.2) is 0 Å². The van der Waals surface area contributed by atoms with E-state index in [0.717, 1.165) is 0 Å². The van der Waals surface area contributed by atoms with Gasteiger partial charge in [-0.25, -0.2) is 0 Å². The van der Waals surface area contributed by atoms with Gasteiger partial charge in [0.2, 0.25) is 5.91 Å². The van der Waals surface area contributed by atoms with Crippen LogP contribution in [-0.4, -0.2) is 28.4 Å². The van der Waals surface area contributed by atoms with Crippen LogP contribution in [0, 0.1) is 10.1 Å². The standard InChI is InChI=1S/C9H9BrN4O3/c10-6-3-11-4-7(14(16)17)9(6)13-5-1-8(15)12-2-5/h3-5H,1-2H2,(H,11,13)(H,12,15). The Morgan fingerprint density at radius 3 is 2.94 bits per heavy atom. The highest BCUT2D eigenvalue weighted by molar-refractivity contribution is 9.10. The summed E-state index contributed by atoms with van der Waals surface area (Å²) in [7, 11) is 0. The van der Waals surface area contributed by atoms with E-state index >= 15 is 0 Å². The number of hydrogen-bond acceptors (Lipinski definition) is 5. The molecule has 1 unspecified atom stereocenters. The molecule has 0 saturated carbocycles. The predicted molar refractivity (Wildman–Crippen MR) is 63.6 cm³/mol. The monoisotopic (exact) mass is 300 g/mol. The Hall–Kier alpha value is -1.70. The van der Waals surface area contributed by atoms with E-state index in [1.165, 1.54) is 12.4 Å². The van der Waals surface area contributed by atoms with Gasteiger partial charge in [0.05, 0.1) is 15.4 Å². The van der Waals surface area contributed by atoms with Crippen molar-refractivity contribution in [2.75, 3.05) is 11.9 Å². The molecule has 1 fully saturated rings. The van der Waals surface area contributed by atoms with Gasteiger partial charge < -0.3 is 10.6 Å². The van der Waals surface area contributed by atoms with Crippen LogP contribution in [0.1, 0.15) is 6.42 Å². The average molecular weight is 301 g/mol. The SMILES string of the molecule is O=C1CC(Nc2c(Br)cncc2[N+](=O)[O-])CN1. The summed E-state index contributed by atoms with van der Waals surface area (Å²) in [6, 6.07) is -0.139. The molecule has 17 heavy (non-hydrogen) atoms. The van der Waals surface area contributed by atoms with Gasteiger partial charge in [0, 0.05) is 19.2 Å². The maximum atomic E-state index is 11.0. The highest BCUT2D eigenvalue weighted by Crippen LogP contribution is 2.32.